The topological polar surface area (TPSA) is 23.8 Å². The highest BCUT2D eigenvalue weighted by Crippen LogP contribution is 2.26. The van der Waals surface area contributed by atoms with Gasteiger partial charge in [0.15, 0.2) is 0 Å². The van der Waals surface area contributed by atoms with Crippen LogP contribution in [0.4, 0.5) is 0 Å². The summed E-state index contributed by atoms with van der Waals surface area (Å²) >= 11 is 0. The third kappa shape index (κ3) is 2.86. The number of rotatable bonds is 5. The second kappa shape index (κ2) is 5.83. The molecule has 0 aliphatic rings. The van der Waals surface area contributed by atoms with Crippen LogP contribution in [0.2, 0.25) is 0 Å². The Morgan fingerprint density at radius 3 is 2.59 bits per heavy atom. The van der Waals surface area contributed by atoms with E-state index in [2.05, 4.69) is 49.4 Å². The smallest absolute Gasteiger partial charge is 0.0468 e. The molecule has 89 valence electrons. The quantitative estimate of drug-likeness (QED) is 0.657. The van der Waals surface area contributed by atoms with Gasteiger partial charge in [-0.25, -0.2) is 5.73 Å². The Hall–Kier alpha value is -1.34. The van der Waals surface area contributed by atoms with Crippen molar-refractivity contribution in [2.45, 2.75) is 38.6 Å². The number of fused-ring (bicyclic) bond motifs is 1. The van der Waals surface area contributed by atoms with Gasteiger partial charge in [-0.3, -0.25) is 0 Å². The van der Waals surface area contributed by atoms with Gasteiger partial charge in [0, 0.05) is 6.04 Å². The fourth-order valence-corrected chi connectivity index (χ4v) is 2.31. The van der Waals surface area contributed by atoms with Crippen molar-refractivity contribution in [2.24, 2.45) is 0 Å². The minimum absolute atomic E-state index is 0.0763. The van der Waals surface area contributed by atoms with E-state index in [0.29, 0.717) is 0 Å². The summed E-state index contributed by atoms with van der Waals surface area (Å²) in [5.74, 6) is 0. The Balaban J connectivity index is 2.22. The number of nitrogens with one attached hydrogen (secondary N) is 1. The van der Waals surface area contributed by atoms with Crippen LogP contribution in [-0.2, 0) is 0 Å². The molecule has 17 heavy (non-hydrogen) atoms. The Morgan fingerprint density at radius 1 is 1.00 bits per heavy atom. The van der Waals surface area contributed by atoms with Crippen molar-refractivity contribution in [2.75, 3.05) is 0 Å². The molecule has 2 aromatic rings. The summed E-state index contributed by atoms with van der Waals surface area (Å²) in [5, 5.41) is 2.49. The van der Waals surface area contributed by atoms with E-state index in [1.54, 1.807) is 0 Å². The van der Waals surface area contributed by atoms with E-state index in [1.165, 1.54) is 29.2 Å². The van der Waals surface area contributed by atoms with Crippen molar-refractivity contribution in [3.05, 3.63) is 48.0 Å². The van der Waals surface area contributed by atoms with Gasteiger partial charge in [-0.05, 0) is 22.8 Å². The van der Waals surface area contributed by atoms with Crippen LogP contribution in [0, 0.1) is 0 Å². The Morgan fingerprint density at radius 2 is 1.76 bits per heavy atom. The Kier molecular flexibility index (Phi) is 4.16. The fourth-order valence-electron chi connectivity index (χ4n) is 2.31. The van der Waals surface area contributed by atoms with Crippen molar-refractivity contribution in [1.29, 1.82) is 0 Å². The predicted molar refractivity (Wildman–Crippen MR) is 73.9 cm³/mol. The summed E-state index contributed by atoms with van der Waals surface area (Å²) in [4.78, 5) is 0. The zero-order chi connectivity index (χ0) is 12.1. The summed E-state index contributed by atoms with van der Waals surface area (Å²) in [6, 6.07) is 14.6. The molecule has 0 aromatic heterocycles. The molecule has 0 saturated heterocycles. The lowest BCUT2D eigenvalue weighted by molar-refractivity contribution is 0.572. The molecule has 2 aromatic carbocycles. The number of hydrogen-bond donors (Lipinski definition) is 0. The van der Waals surface area contributed by atoms with Crippen LogP contribution in [0.15, 0.2) is 42.5 Å². The highest BCUT2D eigenvalue weighted by Gasteiger charge is 2.09. The summed E-state index contributed by atoms with van der Waals surface area (Å²) in [7, 11) is 0. The third-order valence-electron chi connectivity index (χ3n) is 3.30. The van der Waals surface area contributed by atoms with E-state index in [1.807, 2.05) is 0 Å². The molecule has 1 atom stereocenters. The van der Waals surface area contributed by atoms with E-state index in [9.17, 15) is 0 Å². The molecule has 1 radical (unpaired) electrons. The van der Waals surface area contributed by atoms with E-state index < -0.39 is 0 Å². The molecular weight excluding hydrogens is 206 g/mol. The molecule has 0 aliphatic carbocycles. The van der Waals surface area contributed by atoms with Gasteiger partial charge >= 0.3 is 0 Å². The van der Waals surface area contributed by atoms with Crippen LogP contribution in [0.25, 0.3) is 10.8 Å². The molecule has 0 heterocycles. The molecule has 1 nitrogen and oxygen atoms in total. The lowest BCUT2D eigenvalue weighted by atomic mass is 9.96. The van der Waals surface area contributed by atoms with Crippen molar-refractivity contribution >= 4 is 10.8 Å². The molecule has 1 N–H and O–H groups in total. The normalized spacial score (nSPS) is 12.8. The average molecular weight is 226 g/mol. The molecule has 0 fully saturated rings. The van der Waals surface area contributed by atoms with Gasteiger partial charge < -0.3 is 0 Å². The van der Waals surface area contributed by atoms with Gasteiger partial charge in [0.2, 0.25) is 0 Å². The molecule has 0 saturated carbocycles. The second-order valence-corrected chi connectivity index (χ2v) is 4.62. The van der Waals surface area contributed by atoms with Crippen molar-refractivity contribution in [3.8, 4) is 0 Å². The van der Waals surface area contributed by atoms with Crippen LogP contribution >= 0.6 is 0 Å². The lowest BCUT2D eigenvalue weighted by Crippen LogP contribution is -2.00. The van der Waals surface area contributed by atoms with E-state index >= 15 is 0 Å². The van der Waals surface area contributed by atoms with Crippen molar-refractivity contribution in [3.63, 3.8) is 0 Å². The summed E-state index contributed by atoms with van der Waals surface area (Å²) < 4.78 is 0. The van der Waals surface area contributed by atoms with Gasteiger partial charge in [0.25, 0.3) is 0 Å². The number of hydrogen-bond acceptors (Lipinski definition) is 0. The van der Waals surface area contributed by atoms with Crippen molar-refractivity contribution in [1.82, 2.24) is 5.73 Å². The van der Waals surface area contributed by atoms with Gasteiger partial charge in [-0.15, -0.1) is 0 Å². The van der Waals surface area contributed by atoms with E-state index in [-0.39, 0.29) is 6.04 Å². The van der Waals surface area contributed by atoms with Crippen LogP contribution in [-0.4, -0.2) is 0 Å². The lowest BCUT2D eigenvalue weighted by Gasteiger charge is -2.13. The SMILES string of the molecule is CCCCCC([NH])c1cccc2ccccc12. The highest BCUT2D eigenvalue weighted by atomic mass is 14.6. The second-order valence-electron chi connectivity index (χ2n) is 4.62. The first-order valence-corrected chi connectivity index (χ1v) is 6.51. The van der Waals surface area contributed by atoms with Crippen LogP contribution in [0.1, 0.15) is 44.2 Å². The van der Waals surface area contributed by atoms with Gasteiger partial charge in [0.1, 0.15) is 0 Å². The Bertz CT molecular complexity index is 470. The van der Waals surface area contributed by atoms with Gasteiger partial charge in [-0.1, -0.05) is 68.7 Å². The monoisotopic (exact) mass is 226 g/mol. The minimum atomic E-state index is -0.0763. The molecule has 0 aliphatic heterocycles. The first-order valence-electron chi connectivity index (χ1n) is 6.51. The molecule has 0 amide bonds. The number of benzene rings is 2. The average Bonchev–Trinajstić information content (AvgIpc) is 2.38. The maximum atomic E-state index is 8.27. The highest BCUT2D eigenvalue weighted by molar-refractivity contribution is 5.86. The van der Waals surface area contributed by atoms with Gasteiger partial charge in [0.05, 0.1) is 0 Å². The van der Waals surface area contributed by atoms with E-state index in [4.69, 9.17) is 5.73 Å². The number of unbranched alkanes of at least 4 members (excludes halogenated alkanes) is 2. The molecule has 1 heteroatoms. The maximum absolute atomic E-state index is 8.27. The minimum Gasteiger partial charge on any atom is -0.250 e. The zero-order valence-corrected chi connectivity index (χ0v) is 10.4. The predicted octanol–water partition coefficient (Wildman–Crippen LogP) is 4.74. The fraction of sp³-hybridized carbons (Fsp3) is 0.375. The summed E-state index contributed by atoms with van der Waals surface area (Å²) in [6.45, 7) is 2.21. The maximum Gasteiger partial charge on any atom is 0.0468 e. The third-order valence-corrected chi connectivity index (χ3v) is 3.30. The standard InChI is InChI=1S/C16H20N/c1-2-3-4-12-16(17)15-11-7-9-13-8-5-6-10-14(13)15/h5-11,16-17H,2-4,12H2,1H3. The van der Waals surface area contributed by atoms with E-state index in [0.717, 1.165) is 12.8 Å². The molecular formula is C16H20N. The van der Waals surface area contributed by atoms with Crippen LogP contribution < -0.4 is 5.73 Å². The molecule has 0 bridgehead atoms. The molecule has 0 spiro atoms. The largest absolute Gasteiger partial charge is 0.250 e. The molecule has 1 unspecified atom stereocenters. The van der Waals surface area contributed by atoms with Crippen molar-refractivity contribution < 1.29 is 0 Å². The summed E-state index contributed by atoms with van der Waals surface area (Å²) in [5.41, 5.74) is 9.45. The Labute approximate surface area is 104 Å². The summed E-state index contributed by atoms with van der Waals surface area (Å²) in [6.07, 6.45) is 4.60. The molecule has 2 rings (SSSR count). The van der Waals surface area contributed by atoms with Crippen LogP contribution in [0.3, 0.4) is 0 Å². The first kappa shape index (κ1) is 12.1. The van der Waals surface area contributed by atoms with Gasteiger partial charge in [-0.2, -0.15) is 0 Å². The first-order chi connectivity index (χ1) is 8.33. The zero-order valence-electron chi connectivity index (χ0n) is 10.4. The van der Waals surface area contributed by atoms with Crippen LogP contribution in [0.5, 0.6) is 0 Å².